The maximum absolute atomic E-state index is 6.23. The van der Waals surface area contributed by atoms with Crippen LogP contribution < -0.4 is 0 Å². The lowest BCUT2D eigenvalue weighted by Gasteiger charge is -2.01. The second-order valence-electron chi connectivity index (χ2n) is 3.90. The van der Waals surface area contributed by atoms with Crippen molar-refractivity contribution in [3.63, 3.8) is 0 Å². The molecule has 2 aromatic heterocycles. The monoisotopic (exact) mass is 243 g/mol. The molecular formula is C13H10ClN3. The molecule has 0 aliphatic carbocycles. The number of pyridine rings is 1. The maximum atomic E-state index is 6.23. The molecule has 1 aromatic carbocycles. The molecule has 0 fully saturated rings. The van der Waals surface area contributed by atoms with Crippen molar-refractivity contribution >= 4 is 22.6 Å². The third-order valence-electron chi connectivity index (χ3n) is 2.63. The number of nitrogens with zero attached hydrogens (tertiary/aromatic N) is 3. The van der Waals surface area contributed by atoms with Crippen molar-refractivity contribution in [3.05, 3.63) is 47.6 Å². The molecule has 0 atom stereocenters. The normalized spacial score (nSPS) is 10.9. The molecule has 0 N–H and O–H groups in total. The highest BCUT2D eigenvalue weighted by Gasteiger charge is 2.08. The summed E-state index contributed by atoms with van der Waals surface area (Å²) >= 11 is 6.23. The lowest BCUT2D eigenvalue weighted by Crippen LogP contribution is -1.88. The first kappa shape index (κ1) is 10.3. The highest BCUT2D eigenvalue weighted by atomic mass is 35.5. The molecule has 3 rings (SSSR count). The van der Waals surface area contributed by atoms with E-state index in [9.17, 15) is 0 Å². The molecule has 0 aliphatic rings. The van der Waals surface area contributed by atoms with Gasteiger partial charge in [-0.15, -0.1) is 0 Å². The van der Waals surface area contributed by atoms with Crippen LogP contribution in [0.25, 0.3) is 22.3 Å². The van der Waals surface area contributed by atoms with E-state index < -0.39 is 0 Å². The molecule has 0 saturated carbocycles. The van der Waals surface area contributed by atoms with Gasteiger partial charge in [0.05, 0.1) is 16.1 Å². The fraction of sp³-hybridized carbons (Fsp3) is 0.0769. The first-order valence-corrected chi connectivity index (χ1v) is 5.67. The third kappa shape index (κ3) is 1.78. The molecule has 0 unspecified atom stereocenters. The Hall–Kier alpha value is -1.87. The van der Waals surface area contributed by atoms with Gasteiger partial charge < -0.3 is 0 Å². The minimum absolute atomic E-state index is 0.679. The van der Waals surface area contributed by atoms with Crippen LogP contribution in [0.3, 0.4) is 0 Å². The third-order valence-corrected chi connectivity index (χ3v) is 2.94. The van der Waals surface area contributed by atoms with E-state index in [0.29, 0.717) is 10.7 Å². The molecular weight excluding hydrogens is 234 g/mol. The molecule has 0 amide bonds. The number of aryl methyl sites for hydroxylation is 1. The predicted octanol–water partition coefficient (Wildman–Crippen LogP) is 3.29. The summed E-state index contributed by atoms with van der Waals surface area (Å²) in [4.78, 5) is 4.51. The first-order chi connectivity index (χ1) is 8.24. The second kappa shape index (κ2) is 3.86. The molecule has 4 heteroatoms. The molecule has 17 heavy (non-hydrogen) atoms. The van der Waals surface area contributed by atoms with Gasteiger partial charge >= 0.3 is 0 Å². The maximum Gasteiger partial charge on any atom is 0.183 e. The van der Waals surface area contributed by atoms with Crippen LogP contribution in [-0.2, 0) is 7.05 Å². The Labute approximate surface area is 104 Å². The predicted molar refractivity (Wildman–Crippen MR) is 69.0 cm³/mol. The molecule has 2 heterocycles. The Bertz CT molecular complexity index is 674. The smallest absolute Gasteiger partial charge is 0.183 e. The van der Waals surface area contributed by atoms with E-state index in [1.807, 2.05) is 49.6 Å². The topological polar surface area (TPSA) is 30.7 Å². The van der Waals surface area contributed by atoms with Gasteiger partial charge in [0.25, 0.3) is 0 Å². The Balaban J connectivity index is 2.25. The van der Waals surface area contributed by atoms with Crippen molar-refractivity contribution in [2.24, 2.45) is 7.05 Å². The SMILES string of the molecule is Cn1cc2c(Cl)cc(-c3ccccc3)nc2n1. The minimum Gasteiger partial charge on any atom is -0.273 e. The molecule has 84 valence electrons. The van der Waals surface area contributed by atoms with Crippen molar-refractivity contribution in [3.8, 4) is 11.3 Å². The summed E-state index contributed by atoms with van der Waals surface area (Å²) in [5, 5.41) is 5.85. The van der Waals surface area contributed by atoms with Crippen molar-refractivity contribution in [2.75, 3.05) is 0 Å². The molecule has 0 spiro atoms. The van der Waals surface area contributed by atoms with Crippen molar-refractivity contribution in [1.29, 1.82) is 0 Å². The van der Waals surface area contributed by atoms with Gasteiger partial charge in [0.15, 0.2) is 5.65 Å². The number of hydrogen-bond acceptors (Lipinski definition) is 2. The van der Waals surface area contributed by atoms with Crippen molar-refractivity contribution in [1.82, 2.24) is 14.8 Å². The summed E-state index contributed by atoms with van der Waals surface area (Å²) < 4.78 is 1.72. The van der Waals surface area contributed by atoms with E-state index in [1.54, 1.807) is 4.68 Å². The molecule has 0 saturated heterocycles. The van der Waals surface area contributed by atoms with Crippen LogP contribution in [0, 0.1) is 0 Å². The average molecular weight is 244 g/mol. The summed E-state index contributed by atoms with van der Waals surface area (Å²) in [6.07, 6.45) is 1.87. The second-order valence-corrected chi connectivity index (χ2v) is 4.30. The van der Waals surface area contributed by atoms with Crippen LogP contribution >= 0.6 is 11.6 Å². The zero-order chi connectivity index (χ0) is 11.8. The van der Waals surface area contributed by atoms with Crippen LogP contribution in [0.15, 0.2) is 42.6 Å². The summed E-state index contributed by atoms with van der Waals surface area (Å²) in [5.74, 6) is 0. The largest absolute Gasteiger partial charge is 0.273 e. The molecule has 0 aliphatic heterocycles. The van der Waals surface area contributed by atoms with Gasteiger partial charge in [0, 0.05) is 18.8 Å². The van der Waals surface area contributed by atoms with E-state index in [1.165, 1.54) is 0 Å². The van der Waals surface area contributed by atoms with E-state index in [-0.39, 0.29) is 0 Å². The molecule has 0 radical (unpaired) electrons. The lowest BCUT2D eigenvalue weighted by atomic mass is 10.1. The van der Waals surface area contributed by atoms with E-state index >= 15 is 0 Å². The molecule has 3 aromatic rings. The molecule has 0 bridgehead atoms. The van der Waals surface area contributed by atoms with Gasteiger partial charge in [-0.1, -0.05) is 41.9 Å². The van der Waals surface area contributed by atoms with E-state index in [2.05, 4.69) is 10.1 Å². The summed E-state index contributed by atoms with van der Waals surface area (Å²) in [6.45, 7) is 0. The quantitative estimate of drug-likeness (QED) is 0.657. The average Bonchev–Trinajstić information content (AvgIpc) is 2.71. The summed E-state index contributed by atoms with van der Waals surface area (Å²) in [6, 6.07) is 11.8. The van der Waals surface area contributed by atoms with Gasteiger partial charge in [0.2, 0.25) is 0 Å². The number of benzene rings is 1. The van der Waals surface area contributed by atoms with E-state index in [4.69, 9.17) is 11.6 Å². The van der Waals surface area contributed by atoms with Crippen LogP contribution in [0.4, 0.5) is 0 Å². The summed E-state index contributed by atoms with van der Waals surface area (Å²) in [5.41, 5.74) is 2.57. The standard InChI is InChI=1S/C13H10ClN3/c1-17-8-10-11(14)7-12(15-13(10)16-17)9-5-3-2-4-6-9/h2-8H,1H3. The van der Waals surface area contributed by atoms with Crippen molar-refractivity contribution in [2.45, 2.75) is 0 Å². The van der Waals surface area contributed by atoms with Crippen LogP contribution in [0.1, 0.15) is 0 Å². The fourth-order valence-electron chi connectivity index (χ4n) is 1.83. The Morgan fingerprint density at radius 3 is 2.71 bits per heavy atom. The van der Waals surface area contributed by atoms with Crippen molar-refractivity contribution < 1.29 is 0 Å². The highest BCUT2D eigenvalue weighted by Crippen LogP contribution is 2.26. The van der Waals surface area contributed by atoms with Gasteiger partial charge in [-0.2, -0.15) is 5.10 Å². The number of aromatic nitrogens is 3. The van der Waals surface area contributed by atoms with Crippen LogP contribution in [0.5, 0.6) is 0 Å². The number of rotatable bonds is 1. The number of halogens is 1. The first-order valence-electron chi connectivity index (χ1n) is 5.29. The van der Waals surface area contributed by atoms with Crippen LogP contribution in [-0.4, -0.2) is 14.8 Å². The fourth-order valence-corrected chi connectivity index (χ4v) is 2.07. The van der Waals surface area contributed by atoms with Crippen LogP contribution in [0.2, 0.25) is 5.02 Å². The van der Waals surface area contributed by atoms with Gasteiger partial charge in [-0.3, -0.25) is 4.68 Å². The van der Waals surface area contributed by atoms with Gasteiger partial charge in [-0.05, 0) is 6.07 Å². The zero-order valence-corrected chi connectivity index (χ0v) is 10.0. The Morgan fingerprint density at radius 2 is 1.94 bits per heavy atom. The zero-order valence-electron chi connectivity index (χ0n) is 9.26. The lowest BCUT2D eigenvalue weighted by molar-refractivity contribution is 0.776. The number of hydrogen-bond donors (Lipinski definition) is 0. The van der Waals surface area contributed by atoms with Gasteiger partial charge in [-0.25, -0.2) is 4.98 Å². The number of fused-ring (bicyclic) bond motifs is 1. The molecule has 3 nitrogen and oxygen atoms in total. The highest BCUT2D eigenvalue weighted by molar-refractivity contribution is 6.35. The summed E-state index contributed by atoms with van der Waals surface area (Å²) in [7, 11) is 1.86. The van der Waals surface area contributed by atoms with E-state index in [0.717, 1.165) is 16.6 Å². The Kier molecular flexibility index (Phi) is 2.34. The minimum atomic E-state index is 0.679. The van der Waals surface area contributed by atoms with Gasteiger partial charge in [0.1, 0.15) is 0 Å². The Morgan fingerprint density at radius 1 is 1.18 bits per heavy atom.